The Bertz CT molecular complexity index is 574. The summed E-state index contributed by atoms with van der Waals surface area (Å²) in [6.07, 6.45) is 0.193. The van der Waals surface area contributed by atoms with E-state index in [-0.39, 0.29) is 23.5 Å². The smallest absolute Gasteiger partial charge is 0.307 e. The number of amides is 1. The molecule has 0 spiro atoms. The van der Waals surface area contributed by atoms with Gasteiger partial charge in [-0.3, -0.25) is 20.4 Å². The zero-order chi connectivity index (χ0) is 15.2. The fourth-order valence-corrected chi connectivity index (χ4v) is 2.97. The van der Waals surface area contributed by atoms with Crippen LogP contribution in [-0.2, 0) is 14.3 Å². The minimum atomic E-state index is -0.285. The number of ether oxygens (including phenoxy) is 1. The molecular weight excluding hydrogens is 290 g/mol. The molecule has 0 saturated heterocycles. The van der Waals surface area contributed by atoms with Crippen LogP contribution in [-0.4, -0.2) is 29.6 Å². The van der Waals surface area contributed by atoms with Crippen molar-refractivity contribution in [3.05, 3.63) is 24.3 Å². The van der Waals surface area contributed by atoms with Gasteiger partial charge in [0.05, 0.1) is 24.0 Å². The van der Waals surface area contributed by atoms with Gasteiger partial charge >= 0.3 is 5.97 Å². The number of rotatable bonds is 3. The predicted molar refractivity (Wildman–Crippen MR) is 81.4 cm³/mol. The zero-order valence-electron chi connectivity index (χ0n) is 11.9. The predicted octanol–water partition coefficient (Wildman–Crippen LogP) is 1.78. The summed E-state index contributed by atoms with van der Waals surface area (Å²) in [5.74, 6) is 0.0325. The Morgan fingerprint density at radius 2 is 2.14 bits per heavy atom. The number of benzene rings is 1. The Morgan fingerprint density at radius 1 is 1.38 bits per heavy atom. The maximum Gasteiger partial charge on any atom is 0.307 e. The number of para-hydroxylation sites is 1. The molecule has 1 atom stereocenters. The van der Waals surface area contributed by atoms with Gasteiger partial charge < -0.3 is 4.74 Å². The molecule has 6 nitrogen and oxygen atoms in total. The monoisotopic (exact) mass is 307 g/mol. The van der Waals surface area contributed by atoms with Crippen molar-refractivity contribution in [2.24, 2.45) is 4.99 Å². The van der Waals surface area contributed by atoms with Crippen LogP contribution >= 0.6 is 11.8 Å². The number of carbonyl (C=O) groups excluding carboxylic acids is 2. The molecule has 0 bridgehead atoms. The number of aliphatic imine (C=N–C) groups is 1. The van der Waals surface area contributed by atoms with Crippen LogP contribution in [0.15, 0.2) is 34.2 Å². The summed E-state index contributed by atoms with van der Waals surface area (Å²) in [5.41, 5.74) is 6.09. The standard InChI is InChI=1S/C14H17N3O3S/c1-3-20-13(19)8-12-14(17-16-9(2)18)15-10-6-4-5-7-11(10)21-12/h4-7,12H,3,8H2,1-2H3,(H,15,17)(H,16,18). The second-order valence-corrected chi connectivity index (χ2v) is 5.63. The summed E-state index contributed by atoms with van der Waals surface area (Å²) in [6.45, 7) is 3.52. The summed E-state index contributed by atoms with van der Waals surface area (Å²) in [5, 5.41) is -0.217. The third kappa shape index (κ3) is 4.22. The van der Waals surface area contributed by atoms with Crippen molar-refractivity contribution in [2.45, 2.75) is 30.4 Å². The first-order valence-electron chi connectivity index (χ1n) is 6.62. The molecule has 0 fully saturated rings. The van der Waals surface area contributed by atoms with Crippen molar-refractivity contribution in [1.82, 2.24) is 10.9 Å². The third-order valence-electron chi connectivity index (χ3n) is 2.70. The highest BCUT2D eigenvalue weighted by atomic mass is 32.2. The summed E-state index contributed by atoms with van der Waals surface area (Å²) < 4.78 is 4.98. The second-order valence-electron chi connectivity index (χ2n) is 4.39. The van der Waals surface area contributed by atoms with Crippen LogP contribution in [0.4, 0.5) is 5.69 Å². The fraction of sp³-hybridized carbons (Fsp3) is 0.357. The fourth-order valence-electron chi connectivity index (χ4n) is 1.83. The van der Waals surface area contributed by atoms with E-state index in [1.54, 1.807) is 6.92 Å². The van der Waals surface area contributed by atoms with Crippen molar-refractivity contribution in [1.29, 1.82) is 0 Å². The maximum atomic E-state index is 11.7. The first-order valence-corrected chi connectivity index (χ1v) is 7.50. The van der Waals surface area contributed by atoms with Gasteiger partial charge in [-0.25, -0.2) is 4.99 Å². The van der Waals surface area contributed by atoms with Gasteiger partial charge in [-0.15, -0.1) is 11.8 Å². The molecular formula is C14H17N3O3S. The number of hydrazine groups is 1. The lowest BCUT2D eigenvalue weighted by Gasteiger charge is -2.24. The number of amidine groups is 1. The molecule has 2 N–H and O–H groups in total. The van der Waals surface area contributed by atoms with Gasteiger partial charge in [0.15, 0.2) is 0 Å². The Labute approximate surface area is 127 Å². The van der Waals surface area contributed by atoms with Gasteiger partial charge in [-0.1, -0.05) is 12.1 Å². The molecule has 21 heavy (non-hydrogen) atoms. The number of nitrogens with zero attached hydrogens (tertiary/aromatic N) is 1. The summed E-state index contributed by atoms with van der Waals surface area (Å²) >= 11 is 1.53. The zero-order valence-corrected chi connectivity index (χ0v) is 12.7. The maximum absolute atomic E-state index is 11.7. The van der Waals surface area contributed by atoms with E-state index in [1.807, 2.05) is 24.3 Å². The molecule has 0 saturated carbocycles. The van der Waals surface area contributed by atoms with Crippen LogP contribution in [0.3, 0.4) is 0 Å². The summed E-state index contributed by atoms with van der Waals surface area (Å²) in [6, 6.07) is 7.66. The van der Waals surface area contributed by atoms with Crippen molar-refractivity contribution < 1.29 is 14.3 Å². The lowest BCUT2D eigenvalue weighted by Crippen LogP contribution is -2.46. The number of hydrogen-bond donors (Lipinski definition) is 2. The molecule has 0 aromatic heterocycles. The first-order chi connectivity index (χ1) is 10.1. The Hall–Kier alpha value is -2.02. The Kier molecular flexibility index (Phi) is 5.21. The summed E-state index contributed by atoms with van der Waals surface area (Å²) in [4.78, 5) is 28.2. The van der Waals surface area contributed by atoms with Crippen LogP contribution in [0.5, 0.6) is 0 Å². The van der Waals surface area contributed by atoms with E-state index < -0.39 is 0 Å². The van der Waals surface area contributed by atoms with E-state index >= 15 is 0 Å². The average Bonchev–Trinajstić information content (AvgIpc) is 2.45. The van der Waals surface area contributed by atoms with E-state index in [9.17, 15) is 9.59 Å². The average molecular weight is 307 g/mol. The van der Waals surface area contributed by atoms with Crippen LogP contribution in [0.1, 0.15) is 20.3 Å². The molecule has 0 radical (unpaired) electrons. The van der Waals surface area contributed by atoms with Crippen LogP contribution < -0.4 is 10.9 Å². The first kappa shape index (κ1) is 15.4. The number of carbonyl (C=O) groups is 2. The van der Waals surface area contributed by atoms with E-state index in [1.165, 1.54) is 18.7 Å². The summed E-state index contributed by atoms with van der Waals surface area (Å²) in [7, 11) is 0. The number of esters is 1. The number of thioether (sulfide) groups is 1. The molecule has 112 valence electrons. The Balaban J connectivity index is 2.18. The van der Waals surface area contributed by atoms with Crippen LogP contribution in [0.25, 0.3) is 0 Å². The van der Waals surface area contributed by atoms with Crippen molar-refractivity contribution in [3.8, 4) is 0 Å². The van der Waals surface area contributed by atoms with Gasteiger partial charge in [-0.05, 0) is 19.1 Å². The molecule has 1 heterocycles. The molecule has 1 aromatic rings. The molecule has 7 heteroatoms. The van der Waals surface area contributed by atoms with Gasteiger partial charge in [0, 0.05) is 11.8 Å². The molecule has 1 aliphatic rings. The highest BCUT2D eigenvalue weighted by Crippen LogP contribution is 2.38. The molecule has 1 unspecified atom stereocenters. The quantitative estimate of drug-likeness (QED) is 0.657. The molecule has 1 aromatic carbocycles. The molecule has 1 aliphatic heterocycles. The number of hydrogen-bond acceptors (Lipinski definition) is 6. The SMILES string of the molecule is CCOC(=O)CC1Sc2ccccc2N=C1NNC(C)=O. The normalized spacial score (nSPS) is 16.5. The van der Waals surface area contributed by atoms with E-state index in [4.69, 9.17) is 4.74 Å². The minimum Gasteiger partial charge on any atom is -0.466 e. The molecule has 0 aliphatic carbocycles. The van der Waals surface area contributed by atoms with Gasteiger partial charge in [0.1, 0.15) is 5.84 Å². The lowest BCUT2D eigenvalue weighted by molar-refractivity contribution is -0.142. The van der Waals surface area contributed by atoms with Crippen molar-refractivity contribution in [3.63, 3.8) is 0 Å². The number of fused-ring (bicyclic) bond motifs is 1. The lowest BCUT2D eigenvalue weighted by atomic mass is 10.2. The molecule has 2 rings (SSSR count). The van der Waals surface area contributed by atoms with E-state index in [0.717, 1.165) is 10.6 Å². The second kappa shape index (κ2) is 7.12. The van der Waals surface area contributed by atoms with Crippen LogP contribution in [0, 0.1) is 0 Å². The van der Waals surface area contributed by atoms with E-state index in [0.29, 0.717) is 12.4 Å². The van der Waals surface area contributed by atoms with E-state index in [2.05, 4.69) is 15.8 Å². The topological polar surface area (TPSA) is 79.8 Å². The largest absolute Gasteiger partial charge is 0.466 e. The third-order valence-corrected chi connectivity index (χ3v) is 3.98. The van der Waals surface area contributed by atoms with Crippen molar-refractivity contribution in [2.75, 3.05) is 6.61 Å². The highest BCUT2D eigenvalue weighted by molar-refractivity contribution is 8.00. The minimum absolute atomic E-state index is 0.193. The van der Waals surface area contributed by atoms with Gasteiger partial charge in [0.25, 0.3) is 0 Å². The Morgan fingerprint density at radius 3 is 2.86 bits per heavy atom. The van der Waals surface area contributed by atoms with Crippen molar-refractivity contribution >= 4 is 35.2 Å². The van der Waals surface area contributed by atoms with Gasteiger partial charge in [-0.2, -0.15) is 0 Å². The molecule has 1 amide bonds. The number of nitrogens with one attached hydrogen (secondary N) is 2. The highest BCUT2D eigenvalue weighted by Gasteiger charge is 2.27. The van der Waals surface area contributed by atoms with Crippen LogP contribution in [0.2, 0.25) is 0 Å². The van der Waals surface area contributed by atoms with Gasteiger partial charge in [0.2, 0.25) is 5.91 Å².